The Bertz CT molecular complexity index is 106. The lowest BCUT2D eigenvalue weighted by atomic mass is 10.2. The van der Waals surface area contributed by atoms with Gasteiger partial charge in [0.05, 0.1) is 0 Å². The van der Waals surface area contributed by atoms with Crippen molar-refractivity contribution in [3.05, 3.63) is 12.2 Å². The number of rotatable bonds is 2. The van der Waals surface area contributed by atoms with E-state index in [1.807, 2.05) is 0 Å². The second kappa shape index (κ2) is 2.89. The summed E-state index contributed by atoms with van der Waals surface area (Å²) < 4.78 is 0. The smallest absolute Gasteiger partial charge is 0.218 e. The summed E-state index contributed by atoms with van der Waals surface area (Å²) >= 11 is 3.38. The molecule has 0 rings (SSSR count). The molecule has 0 unspecified atom stereocenters. The van der Waals surface area contributed by atoms with Crippen LogP contribution in [0.25, 0.3) is 0 Å². The second-order valence-corrected chi connectivity index (χ2v) is 2.03. The third kappa shape index (κ3) is 2.14. The molecule has 1 N–H and O–H groups in total. The van der Waals surface area contributed by atoms with Crippen LogP contribution in [0.3, 0.4) is 0 Å². The van der Waals surface area contributed by atoms with E-state index in [2.05, 4.69) is 19.2 Å². The van der Waals surface area contributed by atoms with E-state index in [1.165, 1.54) is 0 Å². The fourth-order valence-electron chi connectivity index (χ4n) is 0.211. The molecule has 0 saturated carbocycles. The number of aliphatic hydroxyl groups excluding tert-OH is 1. The SMILES string of the molecule is C=C(C)[C@H](O)C(=O)S. The molecule has 3 heteroatoms. The Morgan fingerprint density at radius 2 is 2.25 bits per heavy atom. The molecule has 0 aromatic heterocycles. The minimum atomic E-state index is -1.10. The first-order valence-corrected chi connectivity index (χ1v) is 2.56. The topological polar surface area (TPSA) is 37.3 Å². The highest BCUT2D eigenvalue weighted by molar-refractivity contribution is 7.96. The van der Waals surface area contributed by atoms with Gasteiger partial charge in [-0.1, -0.05) is 6.58 Å². The maximum atomic E-state index is 10.1. The Morgan fingerprint density at radius 1 is 1.88 bits per heavy atom. The number of hydrogen-bond acceptors (Lipinski definition) is 2. The largest absolute Gasteiger partial charge is 0.380 e. The summed E-state index contributed by atoms with van der Waals surface area (Å²) in [6, 6.07) is 0. The molecule has 8 heavy (non-hydrogen) atoms. The van der Waals surface area contributed by atoms with Crippen LogP contribution in [0.5, 0.6) is 0 Å². The molecule has 0 amide bonds. The maximum Gasteiger partial charge on any atom is 0.218 e. The van der Waals surface area contributed by atoms with Crippen molar-refractivity contribution in [2.45, 2.75) is 13.0 Å². The first kappa shape index (κ1) is 7.72. The van der Waals surface area contributed by atoms with Crippen LogP contribution in [0.2, 0.25) is 0 Å². The van der Waals surface area contributed by atoms with E-state index in [0.29, 0.717) is 5.57 Å². The molecule has 1 atom stereocenters. The van der Waals surface area contributed by atoms with Gasteiger partial charge in [-0.15, -0.1) is 12.6 Å². The second-order valence-electron chi connectivity index (χ2n) is 1.59. The highest BCUT2D eigenvalue weighted by atomic mass is 32.1. The minimum Gasteiger partial charge on any atom is -0.380 e. The van der Waals surface area contributed by atoms with Gasteiger partial charge in [-0.05, 0) is 12.5 Å². The van der Waals surface area contributed by atoms with Gasteiger partial charge < -0.3 is 5.11 Å². The van der Waals surface area contributed by atoms with Crippen LogP contribution >= 0.6 is 12.6 Å². The molecule has 0 saturated heterocycles. The van der Waals surface area contributed by atoms with Crippen molar-refractivity contribution < 1.29 is 9.90 Å². The average Bonchev–Trinajstić information content (AvgIpc) is 1.64. The van der Waals surface area contributed by atoms with Crippen molar-refractivity contribution in [2.24, 2.45) is 0 Å². The van der Waals surface area contributed by atoms with Crippen LogP contribution in [-0.4, -0.2) is 16.3 Å². The summed E-state index contributed by atoms with van der Waals surface area (Å²) in [6.07, 6.45) is -1.10. The minimum absolute atomic E-state index is 0.421. The fourth-order valence-corrected chi connectivity index (χ4v) is 0.431. The number of hydrogen-bond donors (Lipinski definition) is 2. The Kier molecular flexibility index (Phi) is 2.79. The Morgan fingerprint density at radius 3 is 2.25 bits per heavy atom. The molecular formula is C5H8O2S. The normalized spacial score (nSPS) is 12.9. The van der Waals surface area contributed by atoms with Crippen molar-refractivity contribution >= 4 is 17.7 Å². The molecule has 0 aliphatic rings. The van der Waals surface area contributed by atoms with Crippen molar-refractivity contribution in [3.8, 4) is 0 Å². The van der Waals surface area contributed by atoms with Crippen LogP contribution in [-0.2, 0) is 4.79 Å². The first-order valence-electron chi connectivity index (χ1n) is 2.12. The summed E-state index contributed by atoms with van der Waals surface area (Å²) in [4.78, 5) is 10.1. The molecule has 0 aromatic carbocycles. The van der Waals surface area contributed by atoms with Gasteiger partial charge in [-0.25, -0.2) is 0 Å². The molecule has 0 heterocycles. The van der Waals surface area contributed by atoms with Gasteiger partial charge in [0.1, 0.15) is 6.10 Å². The molecule has 0 bridgehead atoms. The standard InChI is InChI=1S/C5H8O2S/c1-3(2)4(6)5(7)8/h4,6H,1H2,2H3,(H,7,8)/t4-/m0/s1. The van der Waals surface area contributed by atoms with Gasteiger partial charge in [-0.3, -0.25) is 4.79 Å². The summed E-state index contributed by atoms with van der Waals surface area (Å²) in [5, 5.41) is 8.12. The van der Waals surface area contributed by atoms with Gasteiger partial charge in [0, 0.05) is 0 Å². The zero-order chi connectivity index (χ0) is 6.73. The van der Waals surface area contributed by atoms with Gasteiger partial charge in [0.15, 0.2) is 0 Å². The highest BCUT2D eigenvalue weighted by Crippen LogP contribution is 1.99. The molecule has 0 aliphatic carbocycles. The number of aliphatic hydroxyl groups is 1. The van der Waals surface area contributed by atoms with Crippen molar-refractivity contribution in [1.29, 1.82) is 0 Å². The molecule has 2 nitrogen and oxygen atoms in total. The summed E-state index contributed by atoms with van der Waals surface area (Å²) in [5.41, 5.74) is 0.421. The molecule has 0 radical (unpaired) electrons. The van der Waals surface area contributed by atoms with Gasteiger partial charge in [-0.2, -0.15) is 0 Å². The van der Waals surface area contributed by atoms with E-state index in [-0.39, 0.29) is 0 Å². The third-order valence-electron chi connectivity index (χ3n) is 0.701. The van der Waals surface area contributed by atoms with E-state index in [0.717, 1.165) is 0 Å². The molecular weight excluding hydrogens is 124 g/mol. The number of carbonyl (C=O) groups is 1. The lowest BCUT2D eigenvalue weighted by molar-refractivity contribution is -0.116. The van der Waals surface area contributed by atoms with Crippen LogP contribution in [0.15, 0.2) is 12.2 Å². The van der Waals surface area contributed by atoms with Crippen LogP contribution in [0.1, 0.15) is 6.92 Å². The van der Waals surface area contributed by atoms with E-state index in [1.54, 1.807) is 6.92 Å². The average molecular weight is 132 g/mol. The zero-order valence-corrected chi connectivity index (χ0v) is 5.48. The van der Waals surface area contributed by atoms with Crippen LogP contribution < -0.4 is 0 Å². The molecule has 0 aliphatic heterocycles. The predicted molar refractivity (Wildman–Crippen MR) is 34.8 cm³/mol. The Hall–Kier alpha value is -0.280. The molecule has 0 fully saturated rings. The van der Waals surface area contributed by atoms with Gasteiger partial charge in [0.25, 0.3) is 0 Å². The molecule has 46 valence electrons. The lowest BCUT2D eigenvalue weighted by Crippen LogP contribution is -2.14. The Labute approximate surface area is 53.6 Å². The third-order valence-corrected chi connectivity index (χ3v) is 0.945. The quantitative estimate of drug-likeness (QED) is 0.421. The molecule has 0 aromatic rings. The predicted octanol–water partition coefficient (Wildman–Crippen LogP) is 0.380. The number of thiol groups is 1. The summed E-state index contributed by atoms with van der Waals surface area (Å²) in [5.74, 6) is 0. The van der Waals surface area contributed by atoms with Crippen LogP contribution in [0, 0.1) is 0 Å². The lowest BCUT2D eigenvalue weighted by Gasteiger charge is -2.01. The monoisotopic (exact) mass is 132 g/mol. The van der Waals surface area contributed by atoms with Crippen molar-refractivity contribution in [2.75, 3.05) is 0 Å². The van der Waals surface area contributed by atoms with Crippen LogP contribution in [0.4, 0.5) is 0 Å². The molecule has 0 spiro atoms. The first-order chi connectivity index (χ1) is 3.55. The fraction of sp³-hybridized carbons (Fsp3) is 0.400. The van der Waals surface area contributed by atoms with E-state index >= 15 is 0 Å². The van der Waals surface area contributed by atoms with Gasteiger partial charge in [0.2, 0.25) is 5.12 Å². The number of carbonyl (C=O) groups excluding carboxylic acids is 1. The summed E-state index contributed by atoms with van der Waals surface area (Å²) in [7, 11) is 0. The van der Waals surface area contributed by atoms with E-state index < -0.39 is 11.2 Å². The van der Waals surface area contributed by atoms with Gasteiger partial charge >= 0.3 is 0 Å². The van der Waals surface area contributed by atoms with E-state index in [9.17, 15) is 4.79 Å². The Balaban J connectivity index is 3.83. The van der Waals surface area contributed by atoms with Crippen molar-refractivity contribution in [3.63, 3.8) is 0 Å². The summed E-state index contributed by atoms with van der Waals surface area (Å²) in [6.45, 7) is 4.92. The van der Waals surface area contributed by atoms with E-state index in [4.69, 9.17) is 5.11 Å². The zero-order valence-electron chi connectivity index (χ0n) is 4.59. The maximum absolute atomic E-state index is 10.1. The highest BCUT2D eigenvalue weighted by Gasteiger charge is 2.09. The van der Waals surface area contributed by atoms with Crippen molar-refractivity contribution in [1.82, 2.24) is 0 Å².